The summed E-state index contributed by atoms with van der Waals surface area (Å²) < 4.78 is 52.7. The largest absolute Gasteiger partial charge is 0.530 e. The van der Waals surface area contributed by atoms with Crippen molar-refractivity contribution in [1.82, 2.24) is 19.4 Å². The third-order valence-corrected chi connectivity index (χ3v) is 12.6. The smallest absolute Gasteiger partial charge is 0.317 e. The number of aliphatic hydroxyl groups is 1. The molecule has 0 bridgehead atoms. The van der Waals surface area contributed by atoms with Crippen LogP contribution in [0.3, 0.4) is 0 Å². The third-order valence-electron chi connectivity index (χ3n) is 10.8. The van der Waals surface area contributed by atoms with Crippen LogP contribution in [0.1, 0.15) is 64.4 Å². The number of fused-ring (bicyclic) bond motifs is 2. The van der Waals surface area contributed by atoms with Crippen molar-refractivity contribution >= 4 is 22.1 Å². The standard InChI is InChI=1S/C38H54N4O10S/c1-38(2,16-7-4-8-17-39-36(44)40-18-9-10-19-40)25-41(53(47,48)28-13-14-33-34(22-28)52-26-51-33)23-32(43)30(21-27-11-5-3-6-12-27)42(37(45)46)31-24-50-35-29(31)15-20-49-35/h3,5-6,11-14,22,29-32,35,43H,4,7-10,15-21,23-26H2,1-2H3,(H,39,44)(H,45,46)/p-1/t29-,30-,31-,32+,35+/m0/s1. The Morgan fingerprint density at radius 1 is 1.04 bits per heavy atom. The number of rotatable bonds is 17. The van der Waals surface area contributed by atoms with Crippen LogP contribution >= 0.6 is 0 Å². The number of benzene rings is 2. The summed E-state index contributed by atoms with van der Waals surface area (Å²) in [6, 6.07) is 11.9. The number of nitrogens with zero attached hydrogens (tertiary/aromatic N) is 3. The molecule has 2 aromatic carbocycles. The molecule has 0 radical (unpaired) electrons. The number of hydrogen-bond donors (Lipinski definition) is 2. The fourth-order valence-electron chi connectivity index (χ4n) is 7.97. The van der Waals surface area contributed by atoms with Gasteiger partial charge in [0.2, 0.25) is 16.8 Å². The minimum absolute atomic E-state index is 0.0196. The summed E-state index contributed by atoms with van der Waals surface area (Å²) in [4.78, 5) is 28.3. The minimum atomic E-state index is -4.23. The van der Waals surface area contributed by atoms with E-state index < -0.39 is 46.0 Å². The van der Waals surface area contributed by atoms with Gasteiger partial charge in [0.05, 0.1) is 36.3 Å². The Hall–Kier alpha value is -3.63. The van der Waals surface area contributed by atoms with Gasteiger partial charge in [-0.05, 0) is 61.6 Å². The van der Waals surface area contributed by atoms with Crippen LogP contribution in [0.25, 0.3) is 0 Å². The molecule has 0 spiro atoms. The topological polar surface area (TPSA) is 170 Å². The van der Waals surface area contributed by atoms with E-state index >= 15 is 0 Å². The Balaban J connectivity index is 1.21. The zero-order valence-corrected chi connectivity index (χ0v) is 31.5. The quantitative estimate of drug-likeness (QED) is 0.229. The van der Waals surface area contributed by atoms with E-state index in [1.54, 1.807) is 6.07 Å². The minimum Gasteiger partial charge on any atom is -0.530 e. The number of ether oxygens (including phenoxy) is 4. The van der Waals surface area contributed by atoms with Gasteiger partial charge in [-0.15, -0.1) is 0 Å². The molecule has 2 N–H and O–H groups in total. The molecule has 5 atom stereocenters. The van der Waals surface area contributed by atoms with Crippen molar-refractivity contribution in [3.05, 3.63) is 54.1 Å². The molecule has 4 aliphatic heterocycles. The van der Waals surface area contributed by atoms with Gasteiger partial charge in [-0.3, -0.25) is 0 Å². The number of aliphatic hydroxyl groups excluding tert-OH is 1. The van der Waals surface area contributed by atoms with E-state index in [1.165, 1.54) is 16.4 Å². The zero-order chi connectivity index (χ0) is 37.6. The Kier molecular flexibility index (Phi) is 12.7. The number of sulfonamides is 1. The van der Waals surface area contributed by atoms with Crippen molar-refractivity contribution < 1.29 is 47.2 Å². The normalized spacial score (nSPS) is 22.2. The number of carbonyl (C=O) groups is 2. The van der Waals surface area contributed by atoms with Crippen LogP contribution < -0.4 is 19.9 Å². The average molecular weight is 758 g/mol. The van der Waals surface area contributed by atoms with Crippen molar-refractivity contribution in [2.45, 2.75) is 94.6 Å². The lowest BCUT2D eigenvalue weighted by Crippen LogP contribution is -2.61. The molecule has 2 aromatic rings. The maximum Gasteiger partial charge on any atom is 0.317 e. The average Bonchev–Trinajstić information content (AvgIpc) is 3.96. The lowest BCUT2D eigenvalue weighted by atomic mass is 9.86. The predicted molar refractivity (Wildman–Crippen MR) is 193 cm³/mol. The highest BCUT2D eigenvalue weighted by atomic mass is 32.2. The number of likely N-dealkylation sites (tertiary alicyclic amines) is 1. The van der Waals surface area contributed by atoms with Crippen molar-refractivity contribution in [2.75, 3.05) is 52.7 Å². The van der Waals surface area contributed by atoms with E-state index in [-0.39, 0.29) is 49.8 Å². The van der Waals surface area contributed by atoms with Crippen LogP contribution in [0.5, 0.6) is 11.5 Å². The van der Waals surface area contributed by atoms with Crippen molar-refractivity contribution in [1.29, 1.82) is 0 Å². The van der Waals surface area contributed by atoms with Crippen LogP contribution in [0, 0.1) is 11.3 Å². The van der Waals surface area contributed by atoms with Gasteiger partial charge in [-0.2, -0.15) is 4.31 Å². The highest BCUT2D eigenvalue weighted by molar-refractivity contribution is 7.89. The Bertz CT molecular complexity index is 1660. The van der Waals surface area contributed by atoms with E-state index in [0.29, 0.717) is 37.5 Å². The fraction of sp³-hybridized carbons (Fsp3) is 0.632. The van der Waals surface area contributed by atoms with Gasteiger partial charge in [-0.25, -0.2) is 13.2 Å². The van der Waals surface area contributed by atoms with Crippen molar-refractivity contribution in [2.24, 2.45) is 11.3 Å². The summed E-state index contributed by atoms with van der Waals surface area (Å²) >= 11 is 0. The Morgan fingerprint density at radius 3 is 2.55 bits per heavy atom. The SMILES string of the molecule is CC(C)(CCCCCNC(=O)N1CCCC1)CN(C[C@@H](O)[C@H](Cc1ccccc1)N(C(=O)[O-])[C@H]1CO[C@H]2OCC[C@H]21)S(=O)(=O)c1ccc2c(c1)OCO2. The van der Waals surface area contributed by atoms with Crippen molar-refractivity contribution in [3.8, 4) is 11.5 Å². The van der Waals surface area contributed by atoms with Gasteiger partial charge in [0.1, 0.15) is 6.09 Å². The monoisotopic (exact) mass is 757 g/mol. The van der Waals surface area contributed by atoms with E-state index in [1.807, 2.05) is 49.1 Å². The fourth-order valence-corrected chi connectivity index (χ4v) is 9.64. The molecule has 0 aliphatic carbocycles. The summed E-state index contributed by atoms with van der Waals surface area (Å²) in [5.41, 5.74) is 0.251. The lowest BCUT2D eigenvalue weighted by molar-refractivity contribution is -0.273. The molecule has 0 unspecified atom stereocenters. The van der Waals surface area contributed by atoms with Gasteiger partial charge in [0.25, 0.3) is 0 Å². The first-order valence-corrected chi connectivity index (χ1v) is 20.2. The van der Waals surface area contributed by atoms with Gasteiger partial charge >= 0.3 is 6.03 Å². The highest BCUT2D eigenvalue weighted by Gasteiger charge is 2.47. The number of amides is 3. The van der Waals surface area contributed by atoms with Crippen molar-refractivity contribution in [3.63, 3.8) is 0 Å². The van der Waals surface area contributed by atoms with E-state index in [4.69, 9.17) is 18.9 Å². The number of carbonyl (C=O) groups excluding carboxylic acids is 2. The molecule has 15 heteroatoms. The Morgan fingerprint density at radius 2 is 1.79 bits per heavy atom. The van der Waals surface area contributed by atoms with E-state index in [9.17, 15) is 28.2 Å². The third kappa shape index (κ3) is 9.55. The molecule has 4 aliphatic rings. The summed E-state index contributed by atoms with van der Waals surface area (Å²) in [5.74, 6) is 0.509. The van der Waals surface area contributed by atoms with Crippen LogP contribution in [-0.4, -0.2) is 117 Å². The second-order valence-electron chi connectivity index (χ2n) is 15.3. The number of hydrogen-bond acceptors (Lipinski definition) is 10. The maximum atomic E-state index is 14.5. The van der Waals surface area contributed by atoms with Gasteiger partial charge in [-0.1, -0.05) is 57.0 Å². The molecule has 3 fully saturated rings. The number of carboxylic acid groups (broad SMARTS) is 1. The predicted octanol–water partition coefficient (Wildman–Crippen LogP) is 3.18. The molecule has 3 amide bonds. The Labute approximate surface area is 312 Å². The zero-order valence-electron chi connectivity index (χ0n) is 30.7. The summed E-state index contributed by atoms with van der Waals surface area (Å²) in [5, 5.41) is 28.1. The van der Waals surface area contributed by atoms with E-state index in [2.05, 4.69) is 5.32 Å². The van der Waals surface area contributed by atoms with Gasteiger partial charge < -0.3 is 49.1 Å². The molecule has 53 heavy (non-hydrogen) atoms. The van der Waals surface area contributed by atoms with Gasteiger partial charge in [0, 0.05) is 44.7 Å². The first kappa shape index (κ1) is 39.1. The molecule has 4 heterocycles. The first-order valence-electron chi connectivity index (χ1n) is 18.8. The lowest BCUT2D eigenvalue weighted by Gasteiger charge is -2.43. The van der Waals surface area contributed by atoms with Crippen LogP contribution in [0.2, 0.25) is 0 Å². The number of nitrogens with one attached hydrogen (secondary N) is 1. The van der Waals surface area contributed by atoms with Crippen LogP contribution in [0.4, 0.5) is 9.59 Å². The molecular weight excluding hydrogens is 705 g/mol. The molecule has 6 rings (SSSR count). The maximum absolute atomic E-state index is 14.5. The number of urea groups is 1. The highest BCUT2D eigenvalue weighted by Crippen LogP contribution is 2.38. The second kappa shape index (κ2) is 17.2. The van der Waals surface area contributed by atoms with E-state index in [0.717, 1.165) is 55.7 Å². The molecule has 0 saturated carbocycles. The molecule has 3 saturated heterocycles. The molecule has 292 valence electrons. The summed E-state index contributed by atoms with van der Waals surface area (Å²) in [6.45, 7) is 6.32. The summed E-state index contributed by atoms with van der Waals surface area (Å²) in [6.07, 6.45) is 2.47. The van der Waals surface area contributed by atoms with Crippen LogP contribution in [0.15, 0.2) is 53.4 Å². The second-order valence-corrected chi connectivity index (χ2v) is 17.2. The number of unbranched alkanes of at least 4 members (excludes halogenated alkanes) is 2. The van der Waals surface area contributed by atoms with Crippen LogP contribution in [-0.2, 0) is 25.9 Å². The van der Waals surface area contributed by atoms with Gasteiger partial charge in [0.15, 0.2) is 17.8 Å². The molecule has 0 aromatic heterocycles. The summed E-state index contributed by atoms with van der Waals surface area (Å²) in [7, 11) is -4.23. The first-order chi connectivity index (χ1) is 25.4. The molecular formula is C38H53N4O10S-. The molecule has 14 nitrogen and oxygen atoms in total.